The maximum absolute atomic E-state index is 13.7. The van der Waals surface area contributed by atoms with Crippen LogP contribution in [-0.4, -0.2) is 40.7 Å². The van der Waals surface area contributed by atoms with Crippen LogP contribution in [0, 0.1) is 5.92 Å². The monoisotopic (exact) mass is 450 g/mol. The molecule has 1 unspecified atom stereocenters. The number of carbonyl (C=O) groups excluding carboxylic acids is 2. The van der Waals surface area contributed by atoms with E-state index in [0.29, 0.717) is 6.54 Å². The van der Waals surface area contributed by atoms with Crippen LogP contribution in [-0.2, 0) is 21.4 Å². The Labute approximate surface area is 195 Å². The highest BCUT2D eigenvalue weighted by Gasteiger charge is 2.41. The van der Waals surface area contributed by atoms with Crippen molar-refractivity contribution in [2.24, 2.45) is 5.92 Å². The average Bonchev–Trinajstić information content (AvgIpc) is 3.45. The van der Waals surface area contributed by atoms with Gasteiger partial charge in [-0.15, -0.1) is 11.3 Å². The molecule has 2 aliphatic carbocycles. The van der Waals surface area contributed by atoms with Crippen LogP contribution in [0.25, 0.3) is 0 Å². The summed E-state index contributed by atoms with van der Waals surface area (Å²) in [6.07, 6.45) is 6.09. The van der Waals surface area contributed by atoms with Gasteiger partial charge in [-0.1, -0.05) is 51.5 Å². The summed E-state index contributed by atoms with van der Waals surface area (Å²) in [6.45, 7) is 7.62. The highest BCUT2D eigenvalue weighted by atomic mass is 32.1. The Morgan fingerprint density at radius 1 is 1.06 bits per heavy atom. The molecule has 0 saturated heterocycles. The minimum atomic E-state index is -0.0635. The second-order valence-corrected chi connectivity index (χ2v) is 11.7. The molecular formula is C27H34N2O2S. The van der Waals surface area contributed by atoms with Crippen molar-refractivity contribution >= 4 is 23.2 Å². The summed E-state index contributed by atoms with van der Waals surface area (Å²) < 4.78 is 0. The fourth-order valence-corrected chi connectivity index (χ4v) is 5.91. The van der Waals surface area contributed by atoms with E-state index < -0.39 is 0 Å². The van der Waals surface area contributed by atoms with Crippen LogP contribution in [0.4, 0.5) is 0 Å². The van der Waals surface area contributed by atoms with Crippen molar-refractivity contribution in [2.45, 2.75) is 76.8 Å². The first-order valence-electron chi connectivity index (χ1n) is 12.1. The molecule has 1 atom stereocenters. The van der Waals surface area contributed by atoms with Crippen LogP contribution in [0.3, 0.4) is 0 Å². The molecule has 3 aliphatic rings. The molecule has 170 valence electrons. The first-order valence-corrected chi connectivity index (χ1v) is 13.0. The number of nitrogens with zero attached hydrogens (tertiary/aromatic N) is 2. The molecule has 1 aliphatic heterocycles. The summed E-state index contributed by atoms with van der Waals surface area (Å²) >= 11 is 1.79. The van der Waals surface area contributed by atoms with Crippen LogP contribution in [0.15, 0.2) is 35.7 Å². The van der Waals surface area contributed by atoms with Gasteiger partial charge in [-0.05, 0) is 65.7 Å². The maximum Gasteiger partial charge on any atom is 0.243 e. The Morgan fingerprint density at radius 3 is 2.38 bits per heavy atom. The third-order valence-corrected chi connectivity index (χ3v) is 8.41. The number of carbonyl (C=O) groups is 2. The minimum absolute atomic E-state index is 0.0635. The van der Waals surface area contributed by atoms with E-state index in [1.54, 1.807) is 11.3 Å². The van der Waals surface area contributed by atoms with Crippen LogP contribution in [0.1, 0.15) is 80.5 Å². The molecule has 2 aromatic rings. The second-order valence-electron chi connectivity index (χ2n) is 10.7. The summed E-state index contributed by atoms with van der Waals surface area (Å²) in [7, 11) is 0. The molecule has 0 bridgehead atoms. The quantitative estimate of drug-likeness (QED) is 0.619. The zero-order valence-electron chi connectivity index (χ0n) is 19.5. The van der Waals surface area contributed by atoms with Crippen molar-refractivity contribution in [3.63, 3.8) is 0 Å². The predicted octanol–water partition coefficient (Wildman–Crippen LogP) is 5.31. The van der Waals surface area contributed by atoms with Crippen LogP contribution >= 0.6 is 11.3 Å². The average molecular weight is 451 g/mol. The van der Waals surface area contributed by atoms with E-state index >= 15 is 0 Å². The summed E-state index contributed by atoms with van der Waals surface area (Å²) in [5, 5.41) is 2.14. The molecule has 0 radical (unpaired) electrons. The zero-order valence-corrected chi connectivity index (χ0v) is 20.3. The number of hydrogen-bond donors (Lipinski definition) is 0. The van der Waals surface area contributed by atoms with Gasteiger partial charge in [-0.25, -0.2) is 0 Å². The molecule has 2 heterocycles. The lowest BCUT2D eigenvalue weighted by Gasteiger charge is -2.38. The van der Waals surface area contributed by atoms with Gasteiger partial charge in [-0.2, -0.15) is 0 Å². The van der Waals surface area contributed by atoms with Gasteiger partial charge in [0.25, 0.3) is 0 Å². The number of thiophene rings is 1. The van der Waals surface area contributed by atoms with E-state index in [2.05, 4.69) is 56.5 Å². The van der Waals surface area contributed by atoms with E-state index in [4.69, 9.17) is 0 Å². The molecule has 0 spiro atoms. The first-order chi connectivity index (χ1) is 15.3. The van der Waals surface area contributed by atoms with Crippen molar-refractivity contribution in [3.8, 4) is 0 Å². The fourth-order valence-electron chi connectivity index (χ4n) is 5.01. The van der Waals surface area contributed by atoms with Crippen molar-refractivity contribution in [3.05, 3.63) is 57.3 Å². The number of benzene rings is 1. The van der Waals surface area contributed by atoms with Gasteiger partial charge < -0.3 is 9.80 Å². The maximum atomic E-state index is 13.7. The molecule has 5 heteroatoms. The Bertz CT molecular complexity index is 995. The van der Waals surface area contributed by atoms with Gasteiger partial charge in [0.2, 0.25) is 11.8 Å². The molecule has 1 aromatic heterocycles. The van der Waals surface area contributed by atoms with Gasteiger partial charge in [0.1, 0.15) is 6.54 Å². The predicted molar refractivity (Wildman–Crippen MR) is 129 cm³/mol. The molecule has 2 amide bonds. The van der Waals surface area contributed by atoms with Crippen molar-refractivity contribution < 1.29 is 9.59 Å². The molecule has 5 rings (SSSR count). The second kappa shape index (κ2) is 8.33. The van der Waals surface area contributed by atoms with Gasteiger partial charge in [-0.3, -0.25) is 9.59 Å². The lowest BCUT2D eigenvalue weighted by atomic mass is 9.84. The summed E-state index contributed by atoms with van der Waals surface area (Å²) in [6, 6.07) is 11.2. The lowest BCUT2D eigenvalue weighted by Crippen LogP contribution is -2.49. The molecule has 2 saturated carbocycles. The van der Waals surface area contributed by atoms with Gasteiger partial charge >= 0.3 is 0 Å². The number of hydrogen-bond acceptors (Lipinski definition) is 3. The van der Waals surface area contributed by atoms with E-state index in [0.717, 1.165) is 44.1 Å². The summed E-state index contributed by atoms with van der Waals surface area (Å²) in [5.74, 6) is 0.451. The van der Waals surface area contributed by atoms with Gasteiger partial charge in [0, 0.05) is 23.4 Å². The topological polar surface area (TPSA) is 40.6 Å². The Morgan fingerprint density at radius 2 is 1.78 bits per heavy atom. The number of rotatable bonds is 5. The number of fused-ring (bicyclic) bond motifs is 1. The van der Waals surface area contributed by atoms with E-state index in [9.17, 15) is 9.59 Å². The highest BCUT2D eigenvalue weighted by molar-refractivity contribution is 7.10. The SMILES string of the molecule is CC(C)(C)c1ccc(C2c3ccsc3CCN2C(=O)CN(C(=O)C2CCC2)C2CC2)cc1. The third-order valence-electron chi connectivity index (χ3n) is 7.41. The minimum Gasteiger partial charge on any atom is -0.330 e. The smallest absolute Gasteiger partial charge is 0.243 e. The lowest BCUT2D eigenvalue weighted by molar-refractivity contribution is -0.146. The van der Waals surface area contributed by atoms with Gasteiger partial charge in [0.05, 0.1) is 6.04 Å². The zero-order chi connectivity index (χ0) is 22.5. The summed E-state index contributed by atoms with van der Waals surface area (Å²) in [4.78, 5) is 32.0. The Balaban J connectivity index is 1.41. The normalized spacial score (nSPS) is 21.1. The van der Waals surface area contributed by atoms with E-state index in [-0.39, 0.29) is 41.8 Å². The highest BCUT2D eigenvalue weighted by Crippen LogP contribution is 2.39. The van der Waals surface area contributed by atoms with E-state index in [1.807, 2.05) is 9.80 Å². The molecule has 4 nitrogen and oxygen atoms in total. The molecular weight excluding hydrogens is 416 g/mol. The molecule has 0 N–H and O–H groups in total. The first kappa shape index (κ1) is 21.7. The van der Waals surface area contributed by atoms with Gasteiger partial charge in [0.15, 0.2) is 0 Å². The molecule has 1 aromatic carbocycles. The standard InChI is InChI=1S/C27H34N2O2S/c1-27(2,3)20-9-7-18(8-10-20)25-22-14-16-32-23(22)13-15-28(25)24(30)17-29(21-11-12-21)26(31)19-5-4-6-19/h7-10,14,16,19,21,25H,4-6,11-13,15,17H2,1-3H3. The van der Waals surface area contributed by atoms with Crippen LogP contribution in [0.2, 0.25) is 0 Å². The fraction of sp³-hybridized carbons (Fsp3) is 0.556. The van der Waals surface area contributed by atoms with Crippen molar-refractivity contribution in [2.75, 3.05) is 13.1 Å². The summed E-state index contributed by atoms with van der Waals surface area (Å²) in [5.41, 5.74) is 3.81. The number of amides is 2. The Kier molecular flexibility index (Phi) is 5.65. The third kappa shape index (κ3) is 4.12. The molecule has 32 heavy (non-hydrogen) atoms. The Hall–Kier alpha value is -2.14. The van der Waals surface area contributed by atoms with Crippen LogP contribution < -0.4 is 0 Å². The van der Waals surface area contributed by atoms with E-state index in [1.165, 1.54) is 16.0 Å². The molecule has 2 fully saturated rings. The van der Waals surface area contributed by atoms with Crippen molar-refractivity contribution in [1.29, 1.82) is 0 Å². The largest absolute Gasteiger partial charge is 0.330 e. The van der Waals surface area contributed by atoms with Crippen molar-refractivity contribution in [1.82, 2.24) is 9.80 Å². The van der Waals surface area contributed by atoms with Crippen LogP contribution in [0.5, 0.6) is 0 Å².